The molecule has 2 aromatic rings. The van der Waals surface area contributed by atoms with Crippen molar-refractivity contribution in [2.75, 3.05) is 18.0 Å². The molecule has 2 bridgehead atoms. The number of carbonyl (C=O) groups excluding carboxylic acids is 1. The van der Waals surface area contributed by atoms with Crippen LogP contribution >= 0.6 is 0 Å². The van der Waals surface area contributed by atoms with Crippen LogP contribution in [0.25, 0.3) is 0 Å². The SMILES string of the molecule is Cc1ccc(N2CC3CCC(C2)N3)cc1C(=O)NC1(c2cccc(C(C)(C)C)c2)CC1. The summed E-state index contributed by atoms with van der Waals surface area (Å²) in [6, 6.07) is 16.3. The van der Waals surface area contributed by atoms with E-state index in [2.05, 4.69) is 78.8 Å². The van der Waals surface area contributed by atoms with Crippen molar-refractivity contribution in [2.24, 2.45) is 0 Å². The molecule has 31 heavy (non-hydrogen) atoms. The van der Waals surface area contributed by atoms with Crippen LogP contribution in [0.3, 0.4) is 0 Å². The summed E-state index contributed by atoms with van der Waals surface area (Å²) in [5.74, 6) is 0.0520. The molecule has 2 N–H and O–H groups in total. The second-order valence-electron chi connectivity index (χ2n) is 10.9. The minimum atomic E-state index is -0.213. The van der Waals surface area contributed by atoms with E-state index in [0.29, 0.717) is 12.1 Å². The van der Waals surface area contributed by atoms with E-state index in [4.69, 9.17) is 0 Å². The highest BCUT2D eigenvalue weighted by atomic mass is 16.1. The van der Waals surface area contributed by atoms with E-state index in [9.17, 15) is 4.79 Å². The molecule has 4 nitrogen and oxygen atoms in total. The Morgan fingerprint density at radius 2 is 1.77 bits per heavy atom. The van der Waals surface area contributed by atoms with Crippen molar-refractivity contribution in [3.8, 4) is 0 Å². The topological polar surface area (TPSA) is 44.4 Å². The lowest BCUT2D eigenvalue weighted by atomic mass is 9.85. The molecule has 1 amide bonds. The Bertz CT molecular complexity index is 990. The molecule has 3 aliphatic rings. The van der Waals surface area contributed by atoms with Crippen LogP contribution in [-0.4, -0.2) is 31.1 Å². The Hall–Kier alpha value is -2.33. The van der Waals surface area contributed by atoms with Gasteiger partial charge in [0.05, 0.1) is 5.54 Å². The van der Waals surface area contributed by atoms with Crippen molar-refractivity contribution < 1.29 is 4.79 Å². The average Bonchev–Trinajstić information content (AvgIpc) is 3.44. The first-order valence-corrected chi connectivity index (χ1v) is 11.8. The van der Waals surface area contributed by atoms with Gasteiger partial charge < -0.3 is 15.5 Å². The number of piperazine rings is 1. The summed E-state index contributed by atoms with van der Waals surface area (Å²) in [6.07, 6.45) is 4.53. The zero-order valence-electron chi connectivity index (χ0n) is 19.3. The molecular weight excluding hydrogens is 382 g/mol. The Balaban J connectivity index is 1.37. The van der Waals surface area contributed by atoms with Gasteiger partial charge >= 0.3 is 0 Å². The average molecular weight is 418 g/mol. The van der Waals surface area contributed by atoms with E-state index in [1.165, 1.54) is 29.7 Å². The van der Waals surface area contributed by atoms with Gasteiger partial charge in [-0.05, 0) is 66.8 Å². The summed E-state index contributed by atoms with van der Waals surface area (Å²) < 4.78 is 0. The molecular formula is C27H35N3O. The fraction of sp³-hybridized carbons (Fsp3) is 0.519. The summed E-state index contributed by atoms with van der Waals surface area (Å²) in [5, 5.41) is 7.10. The fourth-order valence-corrected chi connectivity index (χ4v) is 5.24. The number of amides is 1. The lowest BCUT2D eigenvalue weighted by Gasteiger charge is -2.35. The number of hydrogen-bond acceptors (Lipinski definition) is 3. The lowest BCUT2D eigenvalue weighted by molar-refractivity contribution is 0.0930. The lowest BCUT2D eigenvalue weighted by Crippen LogP contribution is -2.51. The number of nitrogens with one attached hydrogen (secondary N) is 2. The van der Waals surface area contributed by atoms with Gasteiger partial charge in [0.15, 0.2) is 0 Å². The first-order chi connectivity index (χ1) is 14.7. The van der Waals surface area contributed by atoms with Gasteiger partial charge in [-0.25, -0.2) is 0 Å². The van der Waals surface area contributed by atoms with E-state index in [1.807, 2.05) is 6.92 Å². The molecule has 2 heterocycles. The molecule has 2 aromatic carbocycles. The third-order valence-electron chi connectivity index (χ3n) is 7.43. The van der Waals surface area contributed by atoms with Crippen molar-refractivity contribution in [3.05, 3.63) is 64.7 Å². The van der Waals surface area contributed by atoms with Gasteiger partial charge in [0.1, 0.15) is 0 Å². The van der Waals surface area contributed by atoms with Crippen LogP contribution in [0.5, 0.6) is 0 Å². The molecule has 164 valence electrons. The Morgan fingerprint density at radius 1 is 1.06 bits per heavy atom. The number of carbonyl (C=O) groups is 1. The van der Waals surface area contributed by atoms with Gasteiger partial charge in [0.2, 0.25) is 0 Å². The molecule has 2 atom stereocenters. The predicted molar refractivity (Wildman–Crippen MR) is 127 cm³/mol. The second-order valence-corrected chi connectivity index (χ2v) is 10.9. The third kappa shape index (κ3) is 3.98. The summed E-state index contributed by atoms with van der Waals surface area (Å²) in [5.41, 5.74) is 5.46. The highest BCUT2D eigenvalue weighted by Gasteiger charge is 2.46. The number of fused-ring (bicyclic) bond motifs is 2. The van der Waals surface area contributed by atoms with Crippen molar-refractivity contribution in [3.63, 3.8) is 0 Å². The number of benzene rings is 2. The summed E-state index contributed by atoms with van der Waals surface area (Å²) in [7, 11) is 0. The first-order valence-electron chi connectivity index (χ1n) is 11.8. The minimum absolute atomic E-state index is 0.0520. The predicted octanol–water partition coefficient (Wildman–Crippen LogP) is 4.65. The maximum Gasteiger partial charge on any atom is 0.252 e. The van der Waals surface area contributed by atoms with E-state index >= 15 is 0 Å². The maximum atomic E-state index is 13.4. The highest BCUT2D eigenvalue weighted by Crippen LogP contribution is 2.46. The normalized spacial score (nSPS) is 24.2. The van der Waals surface area contributed by atoms with Crippen LogP contribution < -0.4 is 15.5 Å². The summed E-state index contributed by atoms with van der Waals surface area (Å²) in [6.45, 7) is 10.8. The Labute approximate surface area is 186 Å². The third-order valence-corrected chi connectivity index (χ3v) is 7.43. The van der Waals surface area contributed by atoms with E-state index in [-0.39, 0.29) is 16.9 Å². The van der Waals surface area contributed by atoms with Crippen LogP contribution in [0, 0.1) is 6.92 Å². The van der Waals surface area contributed by atoms with Gasteiger partial charge in [-0.1, -0.05) is 51.1 Å². The summed E-state index contributed by atoms with van der Waals surface area (Å²) >= 11 is 0. The summed E-state index contributed by atoms with van der Waals surface area (Å²) in [4.78, 5) is 15.9. The van der Waals surface area contributed by atoms with Crippen LogP contribution in [0.1, 0.15) is 73.5 Å². The van der Waals surface area contributed by atoms with Gasteiger partial charge in [-0.2, -0.15) is 0 Å². The fourth-order valence-electron chi connectivity index (χ4n) is 5.24. The molecule has 2 saturated heterocycles. The molecule has 0 spiro atoms. The molecule has 4 heteroatoms. The standard InChI is InChI=1S/C27H35N3O/c1-18-8-11-23(30-16-21-9-10-22(17-30)28-21)15-24(18)25(31)29-27(12-13-27)20-7-5-6-19(14-20)26(2,3)4/h5-8,11,14-15,21-22,28H,9-10,12-13,16-17H2,1-4H3,(H,29,31). The van der Waals surface area contributed by atoms with E-state index in [0.717, 1.165) is 37.1 Å². The van der Waals surface area contributed by atoms with Crippen LogP contribution in [-0.2, 0) is 11.0 Å². The monoisotopic (exact) mass is 417 g/mol. The van der Waals surface area contributed by atoms with Crippen molar-refractivity contribution in [1.82, 2.24) is 10.6 Å². The van der Waals surface area contributed by atoms with Crippen molar-refractivity contribution >= 4 is 11.6 Å². The van der Waals surface area contributed by atoms with E-state index in [1.54, 1.807) is 0 Å². The highest BCUT2D eigenvalue weighted by molar-refractivity contribution is 5.97. The minimum Gasteiger partial charge on any atom is -0.368 e. The van der Waals surface area contributed by atoms with Crippen molar-refractivity contribution in [1.29, 1.82) is 0 Å². The molecule has 0 aromatic heterocycles. The first kappa shape index (κ1) is 20.6. The molecule has 5 rings (SSSR count). The van der Waals surface area contributed by atoms with Crippen LogP contribution in [0.15, 0.2) is 42.5 Å². The van der Waals surface area contributed by atoms with Gasteiger partial charge in [-0.15, -0.1) is 0 Å². The largest absolute Gasteiger partial charge is 0.368 e. The molecule has 2 aliphatic heterocycles. The number of aryl methyl sites for hydroxylation is 1. The van der Waals surface area contributed by atoms with Gasteiger partial charge in [0, 0.05) is 36.4 Å². The number of nitrogens with zero attached hydrogens (tertiary/aromatic N) is 1. The van der Waals surface area contributed by atoms with Gasteiger partial charge in [0.25, 0.3) is 5.91 Å². The molecule has 1 saturated carbocycles. The quantitative estimate of drug-likeness (QED) is 0.761. The van der Waals surface area contributed by atoms with Gasteiger partial charge in [-0.3, -0.25) is 4.79 Å². The van der Waals surface area contributed by atoms with Crippen LogP contribution in [0.4, 0.5) is 5.69 Å². The van der Waals surface area contributed by atoms with Crippen LogP contribution in [0.2, 0.25) is 0 Å². The number of rotatable bonds is 4. The molecule has 3 fully saturated rings. The van der Waals surface area contributed by atoms with E-state index < -0.39 is 0 Å². The van der Waals surface area contributed by atoms with Crippen molar-refractivity contribution in [2.45, 2.75) is 76.4 Å². The second kappa shape index (κ2) is 7.37. The Morgan fingerprint density at radius 3 is 2.42 bits per heavy atom. The zero-order valence-corrected chi connectivity index (χ0v) is 19.3. The smallest absolute Gasteiger partial charge is 0.252 e. The molecule has 0 radical (unpaired) electrons. The zero-order chi connectivity index (χ0) is 21.8. The molecule has 1 aliphatic carbocycles. The number of anilines is 1. The maximum absolute atomic E-state index is 13.4. The Kier molecular flexibility index (Phi) is 4.89. The number of hydrogen-bond donors (Lipinski definition) is 2. The molecule has 2 unspecified atom stereocenters.